The van der Waals surface area contributed by atoms with Gasteiger partial charge in [-0.05, 0) is 42.9 Å². The molecule has 1 amide bonds. The van der Waals surface area contributed by atoms with E-state index in [1.807, 2.05) is 48.5 Å². The molecule has 3 aromatic rings. The van der Waals surface area contributed by atoms with Crippen LogP contribution in [0, 0.1) is 0 Å². The van der Waals surface area contributed by atoms with Gasteiger partial charge in [0.05, 0.1) is 31.2 Å². The summed E-state index contributed by atoms with van der Waals surface area (Å²) in [4.78, 5) is 15.4. The maximum atomic E-state index is 13.1. The van der Waals surface area contributed by atoms with Crippen molar-refractivity contribution in [1.82, 2.24) is 4.90 Å². The Morgan fingerprint density at radius 2 is 1.64 bits per heavy atom. The fraction of sp³-hybridized carbons (Fsp3) is 0.222. The Bertz CT molecular complexity index is 1170. The van der Waals surface area contributed by atoms with Gasteiger partial charge in [-0.15, -0.1) is 0 Å². The van der Waals surface area contributed by atoms with Crippen molar-refractivity contribution in [3.8, 4) is 11.5 Å². The Labute approximate surface area is 194 Å². The Balaban J connectivity index is 1.79. The van der Waals surface area contributed by atoms with Crippen molar-refractivity contribution in [3.63, 3.8) is 0 Å². The number of benzene rings is 3. The number of rotatable bonds is 8. The number of methoxy groups -OCH3 is 2. The number of amides is 1. The van der Waals surface area contributed by atoms with Gasteiger partial charge >= 0.3 is 0 Å². The lowest BCUT2D eigenvalue weighted by Gasteiger charge is -2.17. The molecule has 1 aliphatic heterocycles. The smallest absolute Gasteiger partial charge is 0.258 e. The van der Waals surface area contributed by atoms with E-state index >= 15 is 0 Å². The van der Waals surface area contributed by atoms with Gasteiger partial charge in [0, 0.05) is 23.9 Å². The summed E-state index contributed by atoms with van der Waals surface area (Å²) in [6, 6.07) is 21.8. The third-order valence-electron chi connectivity index (χ3n) is 5.80. The van der Waals surface area contributed by atoms with E-state index < -0.39 is 0 Å². The number of carbonyl (C=O) groups is 1. The summed E-state index contributed by atoms with van der Waals surface area (Å²) >= 11 is 0. The van der Waals surface area contributed by atoms with Crippen LogP contribution in [0.1, 0.15) is 23.6 Å². The minimum Gasteiger partial charge on any atom is -0.493 e. The Hall–Kier alpha value is -3.77. The van der Waals surface area contributed by atoms with E-state index in [1.54, 1.807) is 20.3 Å². The first kappa shape index (κ1) is 22.4. The van der Waals surface area contributed by atoms with Gasteiger partial charge in [0.15, 0.2) is 11.5 Å². The summed E-state index contributed by atoms with van der Waals surface area (Å²) in [7, 11) is 5.27. The quantitative estimate of drug-likeness (QED) is 0.475. The third-order valence-corrected chi connectivity index (χ3v) is 5.80. The molecule has 0 unspecified atom stereocenters. The minimum atomic E-state index is -0.173. The van der Waals surface area contributed by atoms with Gasteiger partial charge in [0.1, 0.15) is 0 Å². The lowest BCUT2D eigenvalue weighted by molar-refractivity contribution is -0.110. The molecule has 6 nitrogen and oxygen atoms in total. The zero-order chi connectivity index (χ0) is 23.4. The van der Waals surface area contributed by atoms with Crippen LogP contribution in [-0.4, -0.2) is 38.6 Å². The van der Waals surface area contributed by atoms with Crippen molar-refractivity contribution >= 4 is 28.6 Å². The lowest BCUT2D eigenvalue weighted by atomic mass is 9.99. The van der Waals surface area contributed by atoms with Crippen LogP contribution in [-0.2, 0) is 11.3 Å². The highest BCUT2D eigenvalue weighted by Crippen LogP contribution is 2.43. The predicted octanol–water partition coefficient (Wildman–Crippen LogP) is 5.09. The van der Waals surface area contributed by atoms with E-state index in [0.29, 0.717) is 22.8 Å². The first-order chi connectivity index (χ1) is 16.0. The van der Waals surface area contributed by atoms with Crippen LogP contribution in [0.5, 0.6) is 11.5 Å². The second-order valence-electron chi connectivity index (χ2n) is 7.98. The summed E-state index contributed by atoms with van der Waals surface area (Å²) in [5.74, 6) is 0.967. The first-order valence-corrected chi connectivity index (χ1v) is 11.0. The molecule has 1 aliphatic rings. The number of nitrogens with one attached hydrogen (secondary N) is 2. The summed E-state index contributed by atoms with van der Waals surface area (Å²) < 4.78 is 10.9. The number of hydrogen-bond acceptors (Lipinski definition) is 5. The molecular formula is C27H29N3O3. The van der Waals surface area contributed by atoms with Gasteiger partial charge in [-0.25, -0.2) is 0 Å². The van der Waals surface area contributed by atoms with Gasteiger partial charge in [-0.2, -0.15) is 0 Å². The fourth-order valence-corrected chi connectivity index (χ4v) is 3.89. The van der Waals surface area contributed by atoms with Crippen molar-refractivity contribution in [1.29, 1.82) is 0 Å². The molecule has 0 aliphatic carbocycles. The monoisotopic (exact) mass is 443 g/mol. The minimum absolute atomic E-state index is 0.173. The topological polar surface area (TPSA) is 62.8 Å². The summed E-state index contributed by atoms with van der Waals surface area (Å²) in [6.45, 7) is 4.02. The van der Waals surface area contributed by atoms with Crippen molar-refractivity contribution < 1.29 is 14.3 Å². The molecule has 0 fully saturated rings. The highest BCUT2D eigenvalue weighted by molar-refractivity contribution is 6.37. The van der Waals surface area contributed by atoms with Gasteiger partial charge in [-0.3, -0.25) is 4.79 Å². The van der Waals surface area contributed by atoms with Gasteiger partial charge in [0.2, 0.25) is 0 Å². The number of carbonyl (C=O) groups excluding carboxylic acids is 1. The zero-order valence-corrected chi connectivity index (χ0v) is 19.4. The molecule has 170 valence electrons. The Morgan fingerprint density at radius 3 is 2.27 bits per heavy atom. The Morgan fingerprint density at radius 1 is 0.970 bits per heavy atom. The maximum absolute atomic E-state index is 13.1. The number of ether oxygens (including phenoxy) is 2. The van der Waals surface area contributed by atoms with Crippen molar-refractivity contribution in [2.45, 2.75) is 13.5 Å². The van der Waals surface area contributed by atoms with E-state index in [0.717, 1.165) is 35.6 Å². The molecule has 0 spiro atoms. The average Bonchev–Trinajstić information content (AvgIpc) is 3.17. The van der Waals surface area contributed by atoms with Crippen LogP contribution in [0.2, 0.25) is 0 Å². The second kappa shape index (κ2) is 9.79. The largest absolute Gasteiger partial charge is 0.493 e. The summed E-state index contributed by atoms with van der Waals surface area (Å²) in [5, 5.41) is 6.47. The molecule has 33 heavy (non-hydrogen) atoms. The molecule has 4 rings (SSSR count). The van der Waals surface area contributed by atoms with Crippen molar-refractivity contribution in [2.75, 3.05) is 38.4 Å². The first-order valence-electron chi connectivity index (χ1n) is 11.0. The molecule has 0 bridgehead atoms. The van der Waals surface area contributed by atoms with E-state index in [-0.39, 0.29) is 5.91 Å². The lowest BCUT2D eigenvalue weighted by Crippen LogP contribution is -2.16. The average molecular weight is 444 g/mol. The zero-order valence-electron chi connectivity index (χ0n) is 19.4. The van der Waals surface area contributed by atoms with Crippen LogP contribution in [0.15, 0.2) is 66.7 Å². The number of fused-ring (bicyclic) bond motifs is 1. The van der Waals surface area contributed by atoms with Gasteiger partial charge in [-0.1, -0.05) is 49.4 Å². The van der Waals surface area contributed by atoms with Crippen LogP contribution < -0.4 is 20.1 Å². The van der Waals surface area contributed by atoms with Gasteiger partial charge < -0.3 is 25.0 Å². The van der Waals surface area contributed by atoms with E-state index in [1.165, 1.54) is 5.56 Å². The van der Waals surface area contributed by atoms with Crippen LogP contribution in [0.25, 0.3) is 11.3 Å². The van der Waals surface area contributed by atoms with E-state index in [4.69, 9.17) is 9.47 Å². The molecule has 0 saturated heterocycles. The second-order valence-corrected chi connectivity index (χ2v) is 7.98. The highest BCUT2D eigenvalue weighted by atomic mass is 16.5. The predicted molar refractivity (Wildman–Crippen MR) is 134 cm³/mol. The Kier molecular flexibility index (Phi) is 6.66. The summed E-state index contributed by atoms with van der Waals surface area (Å²) in [6.07, 6.45) is 0. The summed E-state index contributed by atoms with van der Waals surface area (Å²) in [5.41, 5.74) is 5.82. The molecule has 6 heteroatoms. The molecular weight excluding hydrogens is 414 g/mol. The highest BCUT2D eigenvalue weighted by Gasteiger charge is 2.30. The van der Waals surface area contributed by atoms with Crippen molar-refractivity contribution in [3.05, 3.63) is 83.4 Å². The standard InChI is InChI=1S/C27H29N3O3/c1-5-30(2)17-18-11-13-20(14-12-18)28-26(19-9-7-6-8-10-19)25-21-15-23(32-3)24(33-4)16-22(21)29-27(25)31/h6-16,28H,5,17H2,1-4H3,(H,29,31)/b26-25-. The number of nitrogens with zero attached hydrogens (tertiary/aromatic N) is 1. The SMILES string of the molecule is CCN(C)Cc1ccc(N/C(=C2\C(=O)Nc3cc(OC)c(OC)cc32)c2ccccc2)cc1. The molecule has 0 saturated carbocycles. The molecule has 0 aromatic heterocycles. The van der Waals surface area contributed by atoms with Gasteiger partial charge in [0.25, 0.3) is 5.91 Å². The molecule has 3 aromatic carbocycles. The number of anilines is 2. The van der Waals surface area contributed by atoms with E-state index in [2.05, 4.69) is 41.6 Å². The fourth-order valence-electron chi connectivity index (χ4n) is 3.89. The molecule has 1 heterocycles. The molecule has 0 atom stereocenters. The maximum Gasteiger partial charge on any atom is 0.258 e. The third kappa shape index (κ3) is 4.71. The normalized spacial score (nSPS) is 14.0. The van der Waals surface area contributed by atoms with Crippen LogP contribution in [0.3, 0.4) is 0 Å². The van der Waals surface area contributed by atoms with Crippen molar-refractivity contribution in [2.24, 2.45) is 0 Å². The van der Waals surface area contributed by atoms with E-state index in [9.17, 15) is 4.79 Å². The van der Waals surface area contributed by atoms with Crippen LogP contribution in [0.4, 0.5) is 11.4 Å². The molecule has 2 N–H and O–H groups in total. The number of hydrogen-bond donors (Lipinski definition) is 2. The van der Waals surface area contributed by atoms with Crippen LogP contribution >= 0.6 is 0 Å². The molecule has 0 radical (unpaired) electrons.